The van der Waals surface area contributed by atoms with E-state index < -0.39 is 0 Å². The van der Waals surface area contributed by atoms with Gasteiger partial charge in [-0.3, -0.25) is 0 Å². The molecule has 0 aromatic heterocycles. The number of urea groups is 2. The Balaban J connectivity index is 0.954. The molecule has 14 nitrogen and oxygen atoms in total. The maximum atomic E-state index is 13.2. The maximum Gasteiger partial charge on any atom is 0.410 e. The second-order valence-electron chi connectivity index (χ2n) is 15.4. The molecule has 4 N–H and O–H groups in total. The van der Waals surface area contributed by atoms with Gasteiger partial charge in [-0.15, -0.1) is 0 Å². The Morgan fingerprint density at radius 2 is 0.800 bits per heavy atom. The standard InChI is InChI=1S/C36H64N8O6/c1-39(29-13-9-27(25-37)10-14-29)33(45)41-17-21-43(22-18-41)35(47)49-31-5-3-7-32(8-4-6-31)50-36(48)44-23-19-42(20-24-44)34(46)40(2)30-15-11-28(26-38)12-16-30/h27-32H,3-26,37-38H2,1-2H3. The molecule has 2 heterocycles. The van der Waals surface area contributed by atoms with Gasteiger partial charge in [0.1, 0.15) is 12.2 Å². The first-order chi connectivity index (χ1) is 24.2. The van der Waals surface area contributed by atoms with Crippen molar-refractivity contribution in [1.82, 2.24) is 29.4 Å². The molecule has 0 radical (unpaired) electrons. The second kappa shape index (κ2) is 18.5. The Kier molecular flexibility index (Phi) is 14.1. The minimum atomic E-state index is -0.304. The summed E-state index contributed by atoms with van der Waals surface area (Å²) in [5.41, 5.74) is 11.7. The molecule has 2 saturated heterocycles. The van der Waals surface area contributed by atoms with Crippen LogP contribution in [0.15, 0.2) is 0 Å². The maximum absolute atomic E-state index is 13.2. The van der Waals surface area contributed by atoms with Gasteiger partial charge in [0.05, 0.1) is 0 Å². The van der Waals surface area contributed by atoms with Crippen molar-refractivity contribution in [1.29, 1.82) is 0 Å². The highest BCUT2D eigenvalue weighted by molar-refractivity contribution is 5.76. The summed E-state index contributed by atoms with van der Waals surface area (Å²) in [5.74, 6) is 1.14. The average molecular weight is 705 g/mol. The smallest absolute Gasteiger partial charge is 0.410 e. The average Bonchev–Trinajstić information content (AvgIpc) is 3.15. The van der Waals surface area contributed by atoms with Crippen LogP contribution in [0.4, 0.5) is 19.2 Å². The van der Waals surface area contributed by atoms with Crippen LogP contribution < -0.4 is 11.5 Å². The summed E-state index contributed by atoms with van der Waals surface area (Å²) in [6.07, 6.45) is 11.9. The summed E-state index contributed by atoms with van der Waals surface area (Å²) >= 11 is 0. The molecule has 5 fully saturated rings. The van der Waals surface area contributed by atoms with E-state index in [0.29, 0.717) is 64.2 Å². The molecule has 0 unspecified atom stereocenters. The van der Waals surface area contributed by atoms with Crippen molar-refractivity contribution in [3.05, 3.63) is 0 Å². The molecule has 6 amide bonds. The summed E-state index contributed by atoms with van der Waals surface area (Å²) in [5, 5.41) is 0. The zero-order chi connectivity index (χ0) is 35.6. The Morgan fingerprint density at radius 1 is 0.500 bits per heavy atom. The van der Waals surface area contributed by atoms with Crippen LogP contribution in [0.5, 0.6) is 0 Å². The van der Waals surface area contributed by atoms with Crippen LogP contribution >= 0.6 is 0 Å². The highest BCUT2D eigenvalue weighted by Gasteiger charge is 2.34. The quantitative estimate of drug-likeness (QED) is 0.424. The van der Waals surface area contributed by atoms with Gasteiger partial charge in [0.2, 0.25) is 0 Å². The van der Waals surface area contributed by atoms with Crippen LogP contribution in [-0.2, 0) is 9.47 Å². The number of hydrogen-bond acceptors (Lipinski definition) is 8. The number of ether oxygens (including phenoxy) is 2. The van der Waals surface area contributed by atoms with Crippen LogP contribution in [-0.4, -0.2) is 157 Å². The SMILES string of the molecule is CN(C(=O)N1CCN(C(=O)OC2CCCC(OC(=O)N3CCN(C(=O)N(C)C4CCC(CN)CC4)CC3)CCC2)CC1)C1CCC(CN)CC1. The van der Waals surface area contributed by atoms with Crippen LogP contribution in [0, 0.1) is 11.8 Å². The minimum Gasteiger partial charge on any atom is -0.446 e. The minimum absolute atomic E-state index is 0.0430. The van der Waals surface area contributed by atoms with Crippen LogP contribution in [0.1, 0.15) is 89.9 Å². The summed E-state index contributed by atoms with van der Waals surface area (Å²) in [6.45, 7) is 5.35. The molecule has 0 spiro atoms. The van der Waals surface area contributed by atoms with Crippen molar-refractivity contribution in [2.45, 2.75) is 114 Å². The van der Waals surface area contributed by atoms with E-state index in [2.05, 4.69) is 0 Å². The highest BCUT2D eigenvalue weighted by Crippen LogP contribution is 2.29. The third kappa shape index (κ3) is 10.1. The topological polar surface area (TPSA) is 158 Å². The Morgan fingerprint density at radius 3 is 1.10 bits per heavy atom. The first-order valence-electron chi connectivity index (χ1n) is 19.5. The summed E-state index contributed by atoms with van der Waals surface area (Å²) in [6, 6.07) is 0.600. The number of rotatable bonds is 6. The molecule has 0 bridgehead atoms. The van der Waals surface area contributed by atoms with Crippen molar-refractivity contribution >= 4 is 24.2 Å². The van der Waals surface area contributed by atoms with Crippen molar-refractivity contribution < 1.29 is 28.7 Å². The van der Waals surface area contributed by atoms with Crippen molar-refractivity contribution in [3.8, 4) is 0 Å². The van der Waals surface area contributed by atoms with E-state index in [-0.39, 0.29) is 48.5 Å². The zero-order valence-electron chi connectivity index (χ0n) is 30.7. The van der Waals surface area contributed by atoms with Crippen molar-refractivity contribution in [3.63, 3.8) is 0 Å². The number of carbonyl (C=O) groups is 4. The van der Waals surface area contributed by atoms with Gasteiger partial charge in [0, 0.05) is 78.5 Å². The van der Waals surface area contributed by atoms with Gasteiger partial charge in [0.15, 0.2) is 0 Å². The lowest BCUT2D eigenvalue weighted by Crippen LogP contribution is -2.55. The third-order valence-corrected chi connectivity index (χ3v) is 12.3. The van der Waals surface area contributed by atoms with Gasteiger partial charge in [0.25, 0.3) is 0 Å². The first kappa shape index (κ1) is 38.2. The van der Waals surface area contributed by atoms with E-state index in [4.69, 9.17) is 20.9 Å². The number of amides is 6. The lowest BCUT2D eigenvalue weighted by molar-refractivity contribution is 0.0179. The number of nitrogens with zero attached hydrogens (tertiary/aromatic N) is 6. The molecule has 5 aliphatic rings. The van der Waals surface area contributed by atoms with E-state index in [1.165, 1.54) is 0 Å². The predicted molar refractivity (Wildman–Crippen MR) is 190 cm³/mol. The molecule has 3 saturated carbocycles. The van der Waals surface area contributed by atoms with E-state index in [9.17, 15) is 19.2 Å². The van der Waals surface area contributed by atoms with Gasteiger partial charge in [-0.1, -0.05) is 0 Å². The number of piperazine rings is 2. The van der Waals surface area contributed by atoms with Crippen LogP contribution in [0.25, 0.3) is 0 Å². The van der Waals surface area contributed by atoms with Gasteiger partial charge in [-0.05, 0) is 115 Å². The molecular weight excluding hydrogens is 640 g/mol. The van der Waals surface area contributed by atoms with Gasteiger partial charge in [-0.2, -0.15) is 0 Å². The normalized spacial score (nSPS) is 29.8. The second-order valence-corrected chi connectivity index (χ2v) is 15.4. The van der Waals surface area contributed by atoms with Crippen molar-refractivity contribution in [2.24, 2.45) is 23.3 Å². The Labute approximate surface area is 299 Å². The van der Waals surface area contributed by atoms with E-state index in [1.54, 1.807) is 9.80 Å². The highest BCUT2D eigenvalue weighted by atomic mass is 16.6. The fourth-order valence-electron chi connectivity index (χ4n) is 8.56. The molecule has 0 atom stereocenters. The predicted octanol–water partition coefficient (Wildman–Crippen LogP) is 3.72. The Bertz CT molecular complexity index is 1020. The third-order valence-electron chi connectivity index (χ3n) is 12.3. The molecule has 14 heteroatoms. The fraction of sp³-hybridized carbons (Fsp3) is 0.889. The van der Waals surface area contributed by atoms with Crippen molar-refractivity contribution in [2.75, 3.05) is 79.5 Å². The first-order valence-corrected chi connectivity index (χ1v) is 19.5. The molecule has 0 aromatic rings. The summed E-state index contributed by atoms with van der Waals surface area (Å²) < 4.78 is 11.9. The van der Waals surface area contributed by atoms with E-state index >= 15 is 0 Å². The summed E-state index contributed by atoms with van der Waals surface area (Å²) in [4.78, 5) is 63.3. The zero-order valence-corrected chi connectivity index (χ0v) is 30.7. The summed E-state index contributed by atoms with van der Waals surface area (Å²) in [7, 11) is 3.80. The molecule has 0 aromatic carbocycles. The van der Waals surface area contributed by atoms with Crippen LogP contribution in [0.3, 0.4) is 0 Å². The molecule has 5 rings (SSSR count). The number of carbonyl (C=O) groups excluding carboxylic acids is 4. The van der Waals surface area contributed by atoms with E-state index in [1.807, 2.05) is 33.7 Å². The number of nitrogens with two attached hydrogens (primary N) is 2. The number of hydrogen-bond donors (Lipinski definition) is 2. The van der Waals surface area contributed by atoms with E-state index in [0.717, 1.165) is 103 Å². The molecule has 2 aliphatic heterocycles. The molecule has 3 aliphatic carbocycles. The lowest BCUT2D eigenvalue weighted by Gasteiger charge is -2.40. The van der Waals surface area contributed by atoms with Gasteiger partial charge >= 0.3 is 24.2 Å². The lowest BCUT2D eigenvalue weighted by atomic mass is 9.85. The largest absolute Gasteiger partial charge is 0.446 e. The molecular formula is C36H64N8O6. The monoisotopic (exact) mass is 704 g/mol. The van der Waals surface area contributed by atoms with Gasteiger partial charge < -0.3 is 50.3 Å². The molecule has 284 valence electrons. The Hall–Kier alpha value is -3.00. The molecule has 50 heavy (non-hydrogen) atoms. The fourth-order valence-corrected chi connectivity index (χ4v) is 8.56. The van der Waals surface area contributed by atoms with Crippen LogP contribution in [0.2, 0.25) is 0 Å². The van der Waals surface area contributed by atoms with Gasteiger partial charge in [-0.25, -0.2) is 19.2 Å².